The van der Waals surface area contributed by atoms with Gasteiger partial charge < -0.3 is 9.30 Å². The zero-order valence-corrected chi connectivity index (χ0v) is 15.5. The molecule has 0 aliphatic heterocycles. The van der Waals surface area contributed by atoms with Crippen LogP contribution in [0.15, 0.2) is 23.2 Å². The molecule has 1 amide bonds. The van der Waals surface area contributed by atoms with Gasteiger partial charge in [-0.15, -0.1) is 0 Å². The fourth-order valence-corrected chi connectivity index (χ4v) is 3.69. The Labute approximate surface area is 151 Å². The first-order chi connectivity index (χ1) is 12.1. The van der Waals surface area contributed by atoms with Gasteiger partial charge in [0.05, 0.1) is 16.8 Å². The summed E-state index contributed by atoms with van der Waals surface area (Å²) in [6, 6.07) is 3.80. The lowest BCUT2D eigenvalue weighted by Gasteiger charge is -2.05. The number of benzene rings is 1. The van der Waals surface area contributed by atoms with Crippen molar-refractivity contribution < 1.29 is 31.9 Å². The molecule has 0 N–H and O–H groups in total. The van der Waals surface area contributed by atoms with E-state index in [1.54, 1.807) is 6.92 Å². The lowest BCUT2D eigenvalue weighted by Crippen LogP contribution is -2.26. The Kier molecular flexibility index (Phi) is 6.03. The number of fused-ring (bicyclic) bond motifs is 1. The second-order valence-electron chi connectivity index (χ2n) is 5.14. The van der Waals surface area contributed by atoms with Gasteiger partial charge in [-0.05, 0) is 25.1 Å². The molecule has 0 fully saturated rings. The molecule has 0 aliphatic carbocycles. The molecule has 0 saturated heterocycles. The maximum Gasteiger partial charge on any atom is 0.326 e. The Hall–Kier alpha value is -2.40. The van der Waals surface area contributed by atoms with Gasteiger partial charge in [-0.2, -0.15) is 4.99 Å². The van der Waals surface area contributed by atoms with Gasteiger partial charge in [-0.25, -0.2) is 12.8 Å². The minimum atomic E-state index is -4.24. The summed E-state index contributed by atoms with van der Waals surface area (Å²) in [6.07, 6.45) is 0. The Morgan fingerprint density at radius 1 is 1.31 bits per heavy atom. The molecule has 8 nitrogen and oxygen atoms in total. The molecule has 2 rings (SSSR count). The third kappa shape index (κ3) is 4.61. The number of halogens is 1. The lowest BCUT2D eigenvalue weighted by atomic mass is 10.3. The number of ether oxygens (including phenoxy) is 1. The number of thiazole rings is 1. The van der Waals surface area contributed by atoms with Crippen LogP contribution in [-0.4, -0.2) is 42.3 Å². The lowest BCUT2D eigenvalue weighted by molar-refractivity contribution is -0.143. The van der Waals surface area contributed by atoms with E-state index in [0.717, 1.165) is 18.3 Å². The van der Waals surface area contributed by atoms with E-state index in [0.29, 0.717) is 10.2 Å². The minimum Gasteiger partial charge on any atom is -0.465 e. The fraction of sp³-hybridized carbons (Fsp3) is 0.333. The molecule has 0 spiro atoms. The van der Waals surface area contributed by atoms with E-state index in [4.69, 9.17) is 4.74 Å². The summed E-state index contributed by atoms with van der Waals surface area (Å²) in [5.74, 6) is -3.25. The first-order valence-electron chi connectivity index (χ1n) is 7.39. The highest BCUT2D eigenvalue weighted by molar-refractivity contribution is 8.06. The van der Waals surface area contributed by atoms with Crippen molar-refractivity contribution in [3.8, 4) is 0 Å². The summed E-state index contributed by atoms with van der Waals surface area (Å²) < 4.78 is 43.1. The number of esters is 1. The quantitative estimate of drug-likeness (QED) is 0.684. The van der Waals surface area contributed by atoms with Crippen LogP contribution in [-0.2, 0) is 35.5 Å². The summed E-state index contributed by atoms with van der Waals surface area (Å²) in [4.78, 5) is 38.5. The maximum absolute atomic E-state index is 13.4. The highest BCUT2D eigenvalue weighted by Crippen LogP contribution is 2.18. The van der Waals surface area contributed by atoms with Gasteiger partial charge in [0.2, 0.25) is 15.0 Å². The van der Waals surface area contributed by atoms with E-state index in [1.807, 2.05) is 0 Å². The first kappa shape index (κ1) is 19.9. The number of carbonyl (C=O) groups is 3. The second kappa shape index (κ2) is 7.87. The number of nitrogens with zero attached hydrogens (tertiary/aromatic N) is 2. The topological polar surface area (TPSA) is 112 Å². The predicted molar refractivity (Wildman–Crippen MR) is 91.4 cm³/mol. The number of rotatable bonds is 5. The first-order valence-corrected chi connectivity index (χ1v) is 9.86. The average Bonchev–Trinajstić information content (AvgIpc) is 2.83. The van der Waals surface area contributed by atoms with Crippen LogP contribution in [0.2, 0.25) is 0 Å². The summed E-state index contributed by atoms with van der Waals surface area (Å²) in [6.45, 7) is 2.33. The summed E-state index contributed by atoms with van der Waals surface area (Å²) in [7, 11) is -4.24. The highest BCUT2D eigenvalue weighted by atomic mass is 32.2. The van der Waals surface area contributed by atoms with E-state index in [1.165, 1.54) is 22.8 Å². The summed E-state index contributed by atoms with van der Waals surface area (Å²) >= 11 is 0.909. The van der Waals surface area contributed by atoms with Gasteiger partial charge in [0.25, 0.3) is 5.91 Å². The van der Waals surface area contributed by atoms with Crippen molar-refractivity contribution in [3.63, 3.8) is 0 Å². The number of aromatic nitrogens is 1. The molecule has 0 saturated carbocycles. The molecule has 1 heterocycles. The molecule has 0 bridgehead atoms. The zero-order valence-electron chi connectivity index (χ0n) is 13.9. The molecule has 0 atom stereocenters. The van der Waals surface area contributed by atoms with Crippen LogP contribution in [0.1, 0.15) is 13.8 Å². The average molecular weight is 402 g/mol. The molecule has 1 aromatic heterocycles. The molecule has 0 unspecified atom stereocenters. The van der Waals surface area contributed by atoms with Gasteiger partial charge in [0, 0.05) is 6.92 Å². The van der Waals surface area contributed by atoms with Crippen LogP contribution in [0.3, 0.4) is 0 Å². The van der Waals surface area contributed by atoms with Gasteiger partial charge in [-0.3, -0.25) is 14.4 Å². The molecule has 2 aromatic rings. The Morgan fingerprint density at radius 3 is 2.62 bits per heavy atom. The van der Waals surface area contributed by atoms with Crippen molar-refractivity contribution in [2.24, 2.45) is 4.99 Å². The van der Waals surface area contributed by atoms with Crippen LogP contribution < -0.4 is 4.80 Å². The molecular formula is C15H15FN2O6S2. The van der Waals surface area contributed by atoms with Crippen molar-refractivity contribution in [1.82, 2.24) is 4.57 Å². The van der Waals surface area contributed by atoms with Crippen LogP contribution >= 0.6 is 11.3 Å². The fourth-order valence-electron chi connectivity index (χ4n) is 2.02. The van der Waals surface area contributed by atoms with E-state index < -0.39 is 38.4 Å². The van der Waals surface area contributed by atoms with Gasteiger partial charge in [-0.1, -0.05) is 11.3 Å². The standard InChI is InChI=1S/C15H15FN2O6S2/c1-3-24-14(21)7-18-11-5-4-10(16)6-12(11)25-15(18)17-13(20)8-26(22,23)9(2)19/h4-6H,3,7-8H2,1-2H3. The van der Waals surface area contributed by atoms with E-state index in [-0.39, 0.29) is 18.0 Å². The van der Waals surface area contributed by atoms with Crippen LogP contribution in [0.5, 0.6) is 0 Å². The van der Waals surface area contributed by atoms with Crippen molar-refractivity contribution in [2.75, 3.05) is 12.4 Å². The zero-order chi connectivity index (χ0) is 19.5. The maximum atomic E-state index is 13.4. The monoisotopic (exact) mass is 402 g/mol. The van der Waals surface area contributed by atoms with Crippen LogP contribution in [0.4, 0.5) is 4.39 Å². The molecule has 1 aromatic carbocycles. The van der Waals surface area contributed by atoms with E-state index >= 15 is 0 Å². The Bertz CT molecular complexity index is 1050. The molecule has 0 radical (unpaired) electrons. The third-order valence-corrected chi connectivity index (χ3v) is 5.75. The Morgan fingerprint density at radius 2 is 2.00 bits per heavy atom. The van der Waals surface area contributed by atoms with Gasteiger partial charge in [0.1, 0.15) is 18.1 Å². The van der Waals surface area contributed by atoms with E-state index in [2.05, 4.69) is 4.99 Å². The number of sulfone groups is 1. The number of carbonyl (C=O) groups excluding carboxylic acids is 3. The third-order valence-electron chi connectivity index (χ3n) is 3.21. The number of hydrogen-bond acceptors (Lipinski definition) is 7. The smallest absolute Gasteiger partial charge is 0.326 e. The molecule has 140 valence electrons. The summed E-state index contributed by atoms with van der Waals surface area (Å²) in [5, 5.41) is -1.14. The van der Waals surface area contributed by atoms with Gasteiger partial charge in [0.15, 0.2) is 4.80 Å². The summed E-state index contributed by atoms with van der Waals surface area (Å²) in [5.41, 5.74) is 0.436. The van der Waals surface area contributed by atoms with Crippen molar-refractivity contribution in [2.45, 2.75) is 20.4 Å². The van der Waals surface area contributed by atoms with Crippen molar-refractivity contribution >= 4 is 48.4 Å². The van der Waals surface area contributed by atoms with Gasteiger partial charge >= 0.3 is 5.97 Å². The number of hydrogen-bond donors (Lipinski definition) is 0. The SMILES string of the molecule is CCOC(=O)Cn1c(=NC(=O)CS(=O)(=O)C(C)=O)sc2cc(F)ccc21. The van der Waals surface area contributed by atoms with Crippen molar-refractivity contribution in [3.05, 3.63) is 28.8 Å². The highest BCUT2D eigenvalue weighted by Gasteiger charge is 2.22. The Balaban J connectivity index is 2.52. The van der Waals surface area contributed by atoms with Crippen LogP contribution in [0, 0.1) is 5.82 Å². The predicted octanol–water partition coefficient (Wildman–Crippen LogP) is 0.794. The van der Waals surface area contributed by atoms with Crippen molar-refractivity contribution in [1.29, 1.82) is 0 Å². The normalized spacial score (nSPS) is 12.3. The molecule has 11 heteroatoms. The molecule has 26 heavy (non-hydrogen) atoms. The van der Waals surface area contributed by atoms with E-state index in [9.17, 15) is 27.2 Å². The largest absolute Gasteiger partial charge is 0.465 e. The minimum absolute atomic E-state index is 0.00223. The molecular weight excluding hydrogens is 387 g/mol. The number of amides is 1. The molecule has 0 aliphatic rings. The van der Waals surface area contributed by atoms with Crippen LogP contribution in [0.25, 0.3) is 10.2 Å². The second-order valence-corrected chi connectivity index (χ2v) is 8.25.